The normalized spacial score (nSPS) is 12.4. The Balaban J connectivity index is 2.21. The van der Waals surface area contributed by atoms with Gasteiger partial charge < -0.3 is 10.1 Å². The number of aromatic nitrogens is 2. The first-order chi connectivity index (χ1) is 9.63. The molecule has 1 atom stereocenters. The van der Waals surface area contributed by atoms with Gasteiger partial charge in [0.2, 0.25) is 0 Å². The van der Waals surface area contributed by atoms with Crippen LogP contribution in [0.3, 0.4) is 0 Å². The third-order valence-corrected chi connectivity index (χ3v) is 3.47. The predicted octanol–water partition coefficient (Wildman–Crippen LogP) is 2.63. The number of hydrogen-bond donors (Lipinski definition) is 1. The zero-order valence-electron chi connectivity index (χ0n) is 12.7. The van der Waals surface area contributed by atoms with Crippen molar-refractivity contribution in [1.29, 1.82) is 0 Å². The molecule has 0 radical (unpaired) electrons. The molecule has 0 aliphatic rings. The quantitative estimate of drug-likeness (QED) is 0.879. The molecule has 0 saturated heterocycles. The summed E-state index contributed by atoms with van der Waals surface area (Å²) in [4.78, 5) is 0. The van der Waals surface area contributed by atoms with Crippen LogP contribution in [-0.4, -0.2) is 23.4 Å². The van der Waals surface area contributed by atoms with Gasteiger partial charge in [0.15, 0.2) is 0 Å². The molecule has 108 valence electrons. The second kappa shape index (κ2) is 6.57. The Bertz CT molecular complexity index is 563. The monoisotopic (exact) mass is 273 g/mol. The van der Waals surface area contributed by atoms with Crippen molar-refractivity contribution in [3.05, 3.63) is 47.3 Å². The summed E-state index contributed by atoms with van der Waals surface area (Å²) in [6, 6.07) is 6.67. The van der Waals surface area contributed by atoms with Gasteiger partial charge in [0.1, 0.15) is 5.75 Å². The van der Waals surface area contributed by atoms with Gasteiger partial charge in [-0.15, -0.1) is 0 Å². The number of benzene rings is 1. The summed E-state index contributed by atoms with van der Waals surface area (Å²) in [7, 11) is 3.66. The maximum Gasteiger partial charge on any atom is 0.121 e. The first-order valence-corrected chi connectivity index (χ1v) is 6.99. The van der Waals surface area contributed by atoms with E-state index in [1.54, 1.807) is 7.11 Å². The Labute approximate surface area is 120 Å². The van der Waals surface area contributed by atoms with Crippen molar-refractivity contribution in [3.8, 4) is 5.75 Å². The second-order valence-corrected chi connectivity index (χ2v) is 5.07. The zero-order chi connectivity index (χ0) is 14.5. The highest BCUT2D eigenvalue weighted by molar-refractivity contribution is 5.37. The number of rotatable bonds is 6. The fourth-order valence-electron chi connectivity index (χ4n) is 2.49. The molecule has 0 saturated carbocycles. The van der Waals surface area contributed by atoms with E-state index in [0.29, 0.717) is 6.04 Å². The maximum absolute atomic E-state index is 5.33. The molecule has 4 heteroatoms. The Morgan fingerprint density at radius 3 is 2.75 bits per heavy atom. The van der Waals surface area contributed by atoms with Gasteiger partial charge in [-0.2, -0.15) is 5.10 Å². The van der Waals surface area contributed by atoms with E-state index in [2.05, 4.69) is 42.6 Å². The first-order valence-electron chi connectivity index (χ1n) is 6.99. The van der Waals surface area contributed by atoms with Crippen LogP contribution >= 0.6 is 0 Å². The fraction of sp³-hybridized carbons (Fsp3) is 0.438. The second-order valence-electron chi connectivity index (χ2n) is 5.07. The molecule has 1 unspecified atom stereocenters. The van der Waals surface area contributed by atoms with Crippen molar-refractivity contribution in [3.63, 3.8) is 0 Å². The van der Waals surface area contributed by atoms with Gasteiger partial charge in [-0.1, -0.05) is 19.1 Å². The summed E-state index contributed by atoms with van der Waals surface area (Å²) < 4.78 is 7.17. The smallest absolute Gasteiger partial charge is 0.121 e. The lowest BCUT2D eigenvalue weighted by atomic mass is 9.98. The van der Waals surface area contributed by atoms with E-state index in [0.717, 1.165) is 18.7 Å². The van der Waals surface area contributed by atoms with Crippen LogP contribution in [0.5, 0.6) is 5.75 Å². The Hall–Kier alpha value is -1.81. The van der Waals surface area contributed by atoms with Crippen LogP contribution < -0.4 is 10.1 Å². The molecule has 0 aliphatic carbocycles. The minimum atomic E-state index is 0.300. The van der Waals surface area contributed by atoms with Crippen LogP contribution in [0.4, 0.5) is 0 Å². The summed E-state index contributed by atoms with van der Waals surface area (Å²) >= 11 is 0. The first kappa shape index (κ1) is 14.6. The lowest BCUT2D eigenvalue weighted by molar-refractivity contribution is 0.411. The van der Waals surface area contributed by atoms with E-state index < -0.39 is 0 Å². The van der Waals surface area contributed by atoms with Crippen molar-refractivity contribution in [2.75, 3.05) is 13.7 Å². The van der Waals surface area contributed by atoms with Crippen molar-refractivity contribution in [2.45, 2.75) is 26.3 Å². The number of ether oxygens (including phenoxy) is 1. The van der Waals surface area contributed by atoms with E-state index in [1.165, 1.54) is 16.7 Å². The molecule has 1 heterocycles. The molecule has 20 heavy (non-hydrogen) atoms. The summed E-state index contributed by atoms with van der Waals surface area (Å²) in [6.07, 6.45) is 4.94. The van der Waals surface area contributed by atoms with Crippen LogP contribution in [0, 0.1) is 6.92 Å². The molecule has 0 spiro atoms. The maximum atomic E-state index is 5.33. The number of aryl methyl sites for hydroxylation is 2. The molecule has 2 aromatic rings. The highest BCUT2D eigenvalue weighted by Crippen LogP contribution is 2.24. The van der Waals surface area contributed by atoms with Crippen LogP contribution in [0.25, 0.3) is 0 Å². The van der Waals surface area contributed by atoms with E-state index in [9.17, 15) is 0 Å². The molecule has 1 aromatic heterocycles. The number of nitrogens with one attached hydrogen (secondary N) is 1. The molecule has 0 fully saturated rings. The number of likely N-dealkylation sites (N-methyl/N-ethyl adjacent to an activating group) is 1. The van der Waals surface area contributed by atoms with Gasteiger partial charge in [0, 0.05) is 19.3 Å². The number of hydrogen-bond acceptors (Lipinski definition) is 3. The topological polar surface area (TPSA) is 39.1 Å². The van der Waals surface area contributed by atoms with Crippen molar-refractivity contribution in [2.24, 2.45) is 7.05 Å². The summed E-state index contributed by atoms with van der Waals surface area (Å²) in [5.74, 6) is 0.936. The summed E-state index contributed by atoms with van der Waals surface area (Å²) in [5, 5.41) is 7.78. The average molecular weight is 273 g/mol. The van der Waals surface area contributed by atoms with Gasteiger partial charge in [0.25, 0.3) is 0 Å². The van der Waals surface area contributed by atoms with Crippen molar-refractivity contribution < 1.29 is 4.74 Å². The minimum Gasteiger partial charge on any atom is -0.496 e. The standard InChI is InChI=1S/C16H23N3O/c1-5-17-15(9-13-10-18-19(3)11-13)14-6-7-16(20-4)12(2)8-14/h6-8,10-11,15,17H,5,9H2,1-4H3. The molecule has 1 N–H and O–H groups in total. The van der Waals surface area contributed by atoms with Crippen molar-refractivity contribution >= 4 is 0 Å². The van der Waals surface area contributed by atoms with E-state index in [4.69, 9.17) is 4.74 Å². The largest absolute Gasteiger partial charge is 0.496 e. The van der Waals surface area contributed by atoms with E-state index in [1.807, 2.05) is 24.0 Å². The molecule has 0 amide bonds. The van der Waals surface area contributed by atoms with Crippen molar-refractivity contribution in [1.82, 2.24) is 15.1 Å². The number of nitrogens with zero attached hydrogens (tertiary/aromatic N) is 2. The zero-order valence-corrected chi connectivity index (χ0v) is 12.7. The van der Waals surface area contributed by atoms with Crippen LogP contribution in [0.15, 0.2) is 30.6 Å². The lowest BCUT2D eigenvalue weighted by Crippen LogP contribution is -2.23. The van der Waals surface area contributed by atoms with Gasteiger partial charge in [-0.3, -0.25) is 4.68 Å². The third-order valence-electron chi connectivity index (χ3n) is 3.47. The highest BCUT2D eigenvalue weighted by atomic mass is 16.5. The van der Waals surface area contributed by atoms with Crippen LogP contribution in [0.2, 0.25) is 0 Å². The molecular weight excluding hydrogens is 250 g/mol. The molecule has 4 nitrogen and oxygen atoms in total. The Kier molecular flexibility index (Phi) is 4.79. The van der Waals surface area contributed by atoms with E-state index >= 15 is 0 Å². The van der Waals surface area contributed by atoms with Crippen LogP contribution in [-0.2, 0) is 13.5 Å². The Morgan fingerprint density at radius 2 is 2.20 bits per heavy atom. The highest BCUT2D eigenvalue weighted by Gasteiger charge is 2.13. The number of methoxy groups -OCH3 is 1. The summed E-state index contributed by atoms with van der Waals surface area (Å²) in [5.41, 5.74) is 3.69. The third kappa shape index (κ3) is 3.39. The molecular formula is C16H23N3O. The SMILES string of the molecule is CCNC(Cc1cnn(C)c1)c1ccc(OC)c(C)c1. The summed E-state index contributed by atoms with van der Waals surface area (Å²) in [6.45, 7) is 5.15. The predicted molar refractivity (Wildman–Crippen MR) is 81.1 cm³/mol. The van der Waals surface area contributed by atoms with Crippen LogP contribution in [0.1, 0.15) is 29.7 Å². The van der Waals surface area contributed by atoms with Gasteiger partial charge in [0.05, 0.1) is 13.3 Å². The Morgan fingerprint density at radius 1 is 1.40 bits per heavy atom. The minimum absolute atomic E-state index is 0.300. The van der Waals surface area contributed by atoms with Gasteiger partial charge >= 0.3 is 0 Å². The molecule has 0 bridgehead atoms. The molecule has 1 aromatic carbocycles. The molecule has 2 rings (SSSR count). The molecule has 0 aliphatic heterocycles. The van der Waals surface area contributed by atoms with Gasteiger partial charge in [-0.05, 0) is 42.6 Å². The average Bonchev–Trinajstić information content (AvgIpc) is 2.83. The lowest BCUT2D eigenvalue weighted by Gasteiger charge is -2.19. The van der Waals surface area contributed by atoms with E-state index in [-0.39, 0.29) is 0 Å². The van der Waals surface area contributed by atoms with Gasteiger partial charge in [-0.25, -0.2) is 0 Å². The fourth-order valence-corrected chi connectivity index (χ4v) is 2.49.